The third-order valence-corrected chi connectivity index (χ3v) is 6.78. The van der Waals surface area contributed by atoms with Gasteiger partial charge < -0.3 is 9.64 Å². The quantitative estimate of drug-likeness (QED) is 0.166. The molecule has 0 aliphatic carbocycles. The third kappa shape index (κ3) is 5.92. The number of esters is 1. The van der Waals surface area contributed by atoms with Crippen molar-refractivity contribution in [2.45, 2.75) is 18.9 Å². The number of anilines is 1. The summed E-state index contributed by atoms with van der Waals surface area (Å²) >= 11 is 12.0. The van der Waals surface area contributed by atoms with E-state index < -0.39 is 40.3 Å². The van der Waals surface area contributed by atoms with Crippen molar-refractivity contribution in [3.8, 4) is 0 Å². The van der Waals surface area contributed by atoms with Crippen molar-refractivity contribution in [2.24, 2.45) is 0 Å². The summed E-state index contributed by atoms with van der Waals surface area (Å²) < 4.78 is 4.67. The number of methoxy groups -OCH3 is 1. The minimum absolute atomic E-state index is 0.0222. The Bertz CT molecular complexity index is 1480. The lowest BCUT2D eigenvalue weighted by atomic mass is 10.1. The van der Waals surface area contributed by atoms with Crippen molar-refractivity contribution in [2.75, 3.05) is 18.6 Å². The number of benzene rings is 3. The van der Waals surface area contributed by atoms with Crippen LogP contribution in [-0.4, -0.2) is 53.2 Å². The van der Waals surface area contributed by atoms with Crippen LogP contribution in [0.2, 0.25) is 10.0 Å². The highest BCUT2D eigenvalue weighted by Gasteiger charge is 2.44. The van der Waals surface area contributed by atoms with Gasteiger partial charge in [0.25, 0.3) is 17.5 Å². The molecular weight excluding hydrogens is 549 g/mol. The molecule has 1 aliphatic rings. The number of halogens is 2. The highest BCUT2D eigenvalue weighted by atomic mass is 35.5. The van der Waals surface area contributed by atoms with Crippen molar-refractivity contribution < 1.29 is 28.8 Å². The van der Waals surface area contributed by atoms with E-state index in [2.05, 4.69) is 4.74 Å². The van der Waals surface area contributed by atoms with Crippen LogP contribution in [0.4, 0.5) is 11.4 Å². The minimum Gasteiger partial charge on any atom is -0.465 e. The zero-order valence-corrected chi connectivity index (χ0v) is 22.0. The van der Waals surface area contributed by atoms with Gasteiger partial charge in [0.2, 0.25) is 5.91 Å². The lowest BCUT2D eigenvalue weighted by Crippen LogP contribution is -2.46. The van der Waals surface area contributed by atoms with Gasteiger partial charge in [-0.25, -0.2) is 9.69 Å². The lowest BCUT2D eigenvalue weighted by molar-refractivity contribution is -0.384. The van der Waals surface area contributed by atoms with Gasteiger partial charge in [-0.05, 0) is 60.5 Å². The maximum absolute atomic E-state index is 13.7. The highest BCUT2D eigenvalue weighted by molar-refractivity contribution is 6.32. The number of carbonyl (C=O) groups is 4. The average Bonchev–Trinajstić information content (AvgIpc) is 3.21. The summed E-state index contributed by atoms with van der Waals surface area (Å²) in [4.78, 5) is 64.8. The molecular formula is C27H21Cl2N3O7. The molecule has 1 aliphatic heterocycles. The monoisotopic (exact) mass is 569 g/mol. The molecule has 1 fully saturated rings. The Hall–Kier alpha value is -4.28. The summed E-state index contributed by atoms with van der Waals surface area (Å²) in [5.41, 5.74) is 0.732. The van der Waals surface area contributed by atoms with E-state index in [9.17, 15) is 29.3 Å². The number of amides is 3. The molecule has 0 N–H and O–H groups in total. The maximum Gasteiger partial charge on any atom is 0.337 e. The fourth-order valence-electron chi connectivity index (χ4n) is 4.29. The molecule has 0 bridgehead atoms. The number of hydrogen-bond acceptors (Lipinski definition) is 7. The predicted octanol–water partition coefficient (Wildman–Crippen LogP) is 4.71. The van der Waals surface area contributed by atoms with Crippen molar-refractivity contribution in [1.29, 1.82) is 0 Å². The fourth-order valence-corrected chi connectivity index (χ4v) is 4.69. The van der Waals surface area contributed by atoms with Gasteiger partial charge in [0.05, 0.1) is 29.7 Å². The van der Waals surface area contributed by atoms with Crippen LogP contribution >= 0.6 is 23.2 Å². The Kier molecular flexibility index (Phi) is 8.27. The van der Waals surface area contributed by atoms with Gasteiger partial charge in [0.1, 0.15) is 11.1 Å². The molecule has 1 heterocycles. The fraction of sp³-hybridized carbons (Fsp3) is 0.185. The molecule has 1 unspecified atom stereocenters. The van der Waals surface area contributed by atoms with Crippen molar-refractivity contribution in [3.63, 3.8) is 0 Å². The van der Waals surface area contributed by atoms with Gasteiger partial charge in [-0.2, -0.15) is 0 Å². The largest absolute Gasteiger partial charge is 0.465 e. The smallest absolute Gasteiger partial charge is 0.337 e. The van der Waals surface area contributed by atoms with E-state index in [-0.39, 0.29) is 34.8 Å². The molecule has 200 valence electrons. The summed E-state index contributed by atoms with van der Waals surface area (Å²) in [6.07, 6.45) is 0.00232. The Labute approximate surface area is 232 Å². The van der Waals surface area contributed by atoms with Crippen LogP contribution in [0, 0.1) is 10.1 Å². The summed E-state index contributed by atoms with van der Waals surface area (Å²) in [7, 11) is 1.23. The SMILES string of the molecule is COC(=O)c1ccc(N2C(=O)CC(N(CCc3cccc(Cl)c3)C(=O)c3ccc(Cl)c([N+](=O)[O-])c3)C2=O)cc1. The lowest BCUT2D eigenvalue weighted by Gasteiger charge is -2.28. The van der Waals surface area contributed by atoms with Crippen LogP contribution in [0.25, 0.3) is 0 Å². The first kappa shape index (κ1) is 27.7. The zero-order chi connectivity index (χ0) is 28.3. The number of rotatable bonds is 8. The Morgan fingerprint density at radius 1 is 1.05 bits per heavy atom. The van der Waals surface area contributed by atoms with Crippen LogP contribution in [-0.2, 0) is 20.7 Å². The first-order valence-electron chi connectivity index (χ1n) is 11.6. The average molecular weight is 570 g/mol. The van der Waals surface area contributed by atoms with E-state index in [0.717, 1.165) is 16.5 Å². The molecule has 3 aromatic carbocycles. The summed E-state index contributed by atoms with van der Waals surface area (Å²) in [6.45, 7) is 0.0222. The number of nitrogens with zero attached hydrogens (tertiary/aromatic N) is 3. The number of nitro benzene ring substituents is 1. The van der Waals surface area contributed by atoms with Crippen LogP contribution < -0.4 is 4.90 Å². The summed E-state index contributed by atoms with van der Waals surface area (Å²) in [5.74, 6) is -2.44. The molecule has 3 aromatic rings. The topological polar surface area (TPSA) is 127 Å². The Balaban J connectivity index is 1.67. The molecule has 0 aromatic heterocycles. The first-order chi connectivity index (χ1) is 18.6. The van der Waals surface area contributed by atoms with Gasteiger partial charge in [0, 0.05) is 23.2 Å². The van der Waals surface area contributed by atoms with E-state index in [1.807, 2.05) is 0 Å². The van der Waals surface area contributed by atoms with Gasteiger partial charge >= 0.3 is 5.97 Å². The second-order valence-electron chi connectivity index (χ2n) is 8.63. The molecule has 39 heavy (non-hydrogen) atoms. The number of hydrogen-bond donors (Lipinski definition) is 0. The van der Waals surface area contributed by atoms with Gasteiger partial charge in [-0.3, -0.25) is 24.5 Å². The van der Waals surface area contributed by atoms with Gasteiger partial charge in [-0.1, -0.05) is 35.3 Å². The predicted molar refractivity (Wildman–Crippen MR) is 143 cm³/mol. The molecule has 1 atom stereocenters. The van der Waals surface area contributed by atoms with Gasteiger partial charge in [0.15, 0.2) is 0 Å². The van der Waals surface area contributed by atoms with E-state index >= 15 is 0 Å². The number of ether oxygens (including phenoxy) is 1. The van der Waals surface area contributed by atoms with Gasteiger partial charge in [-0.15, -0.1) is 0 Å². The Morgan fingerprint density at radius 3 is 2.38 bits per heavy atom. The third-order valence-electron chi connectivity index (χ3n) is 6.23. The summed E-state index contributed by atoms with van der Waals surface area (Å²) in [6, 6.07) is 15.1. The minimum atomic E-state index is -1.17. The normalized spacial score (nSPS) is 14.8. The molecule has 1 saturated heterocycles. The van der Waals surface area contributed by atoms with E-state index in [0.29, 0.717) is 11.4 Å². The molecule has 10 nitrogen and oxygen atoms in total. The highest BCUT2D eigenvalue weighted by Crippen LogP contribution is 2.30. The molecule has 0 saturated carbocycles. The second-order valence-corrected chi connectivity index (χ2v) is 9.47. The maximum atomic E-state index is 13.7. The van der Waals surface area contributed by atoms with Crippen molar-refractivity contribution in [1.82, 2.24) is 4.90 Å². The van der Waals surface area contributed by atoms with Crippen LogP contribution in [0.3, 0.4) is 0 Å². The molecule has 12 heteroatoms. The number of carbonyl (C=O) groups excluding carboxylic acids is 4. The summed E-state index contributed by atoms with van der Waals surface area (Å²) in [5, 5.41) is 11.7. The van der Waals surface area contributed by atoms with E-state index in [4.69, 9.17) is 23.2 Å². The zero-order valence-electron chi connectivity index (χ0n) is 20.5. The first-order valence-corrected chi connectivity index (χ1v) is 12.4. The Morgan fingerprint density at radius 2 is 1.74 bits per heavy atom. The van der Waals surface area contributed by atoms with Crippen molar-refractivity contribution in [3.05, 3.63) is 104 Å². The molecule has 0 spiro atoms. The van der Waals surface area contributed by atoms with E-state index in [1.54, 1.807) is 24.3 Å². The second kappa shape index (κ2) is 11.6. The number of imide groups is 1. The van der Waals surface area contributed by atoms with Crippen LogP contribution in [0.5, 0.6) is 0 Å². The number of nitro groups is 1. The van der Waals surface area contributed by atoms with Crippen LogP contribution in [0.1, 0.15) is 32.7 Å². The molecule has 0 radical (unpaired) electrons. The van der Waals surface area contributed by atoms with Crippen LogP contribution in [0.15, 0.2) is 66.7 Å². The van der Waals surface area contributed by atoms with E-state index in [1.165, 1.54) is 48.4 Å². The standard InChI is InChI=1S/C27H21Cl2N3O7/c1-39-27(36)17-5-8-20(9-6-17)31-24(33)15-23(26(31)35)30(12-11-16-3-2-4-19(28)13-16)25(34)18-7-10-21(29)22(14-18)32(37)38/h2-10,13-14,23H,11-12,15H2,1H3. The van der Waals surface area contributed by atoms with Crippen molar-refractivity contribution >= 4 is 58.3 Å². The molecule has 3 amide bonds. The molecule has 4 rings (SSSR count).